The quantitative estimate of drug-likeness (QED) is 0.523. The molecule has 0 unspecified atom stereocenters. The minimum absolute atomic E-state index is 0.00346. The van der Waals surface area contributed by atoms with Gasteiger partial charge in [0.1, 0.15) is 0 Å². The Labute approximate surface area is 150 Å². The summed E-state index contributed by atoms with van der Waals surface area (Å²) >= 11 is 1.28. The second-order valence-electron chi connectivity index (χ2n) is 5.80. The van der Waals surface area contributed by atoms with Gasteiger partial charge in [-0.2, -0.15) is 0 Å². The molecule has 1 heterocycles. The standard InChI is InChI=1S/C19H19N3O2S/c1-21(12-14-8-4-3-5-9-14)17(23)13-25-19-20-16-11-7-6-10-15(16)18(24)22(19)2/h3-11H,12-13H2,1-2H3. The molecule has 128 valence electrons. The lowest BCUT2D eigenvalue weighted by Crippen LogP contribution is -2.28. The van der Waals surface area contributed by atoms with E-state index in [1.54, 1.807) is 25.1 Å². The van der Waals surface area contributed by atoms with E-state index in [0.29, 0.717) is 22.6 Å². The lowest BCUT2D eigenvalue weighted by atomic mass is 10.2. The maximum Gasteiger partial charge on any atom is 0.261 e. The highest BCUT2D eigenvalue weighted by Gasteiger charge is 2.13. The van der Waals surface area contributed by atoms with Crippen LogP contribution in [0.5, 0.6) is 0 Å². The van der Waals surface area contributed by atoms with Crippen LogP contribution in [-0.4, -0.2) is 33.2 Å². The summed E-state index contributed by atoms with van der Waals surface area (Å²) in [4.78, 5) is 30.9. The number of amides is 1. The molecular weight excluding hydrogens is 334 g/mol. The molecule has 0 bridgehead atoms. The molecule has 0 spiro atoms. The van der Waals surface area contributed by atoms with Crippen LogP contribution in [0.2, 0.25) is 0 Å². The summed E-state index contributed by atoms with van der Waals surface area (Å²) in [5, 5.41) is 1.13. The van der Waals surface area contributed by atoms with Gasteiger partial charge in [-0.05, 0) is 17.7 Å². The number of nitrogens with zero attached hydrogens (tertiary/aromatic N) is 3. The van der Waals surface area contributed by atoms with Crippen molar-refractivity contribution in [1.82, 2.24) is 14.5 Å². The van der Waals surface area contributed by atoms with Crippen molar-refractivity contribution in [3.63, 3.8) is 0 Å². The first-order valence-electron chi connectivity index (χ1n) is 7.92. The average Bonchev–Trinajstić information content (AvgIpc) is 2.64. The van der Waals surface area contributed by atoms with Gasteiger partial charge in [0.15, 0.2) is 5.16 Å². The Balaban J connectivity index is 1.71. The van der Waals surface area contributed by atoms with Crippen LogP contribution >= 0.6 is 11.8 Å². The fraction of sp³-hybridized carbons (Fsp3) is 0.211. The zero-order valence-electron chi connectivity index (χ0n) is 14.2. The van der Waals surface area contributed by atoms with Gasteiger partial charge in [-0.1, -0.05) is 54.2 Å². The van der Waals surface area contributed by atoms with Gasteiger partial charge in [-0.15, -0.1) is 0 Å². The number of rotatable bonds is 5. The summed E-state index contributed by atoms with van der Waals surface area (Å²) in [6.07, 6.45) is 0. The van der Waals surface area contributed by atoms with Crippen molar-refractivity contribution in [2.75, 3.05) is 12.8 Å². The predicted molar refractivity (Wildman–Crippen MR) is 101 cm³/mol. The third-order valence-corrected chi connectivity index (χ3v) is 4.97. The van der Waals surface area contributed by atoms with Gasteiger partial charge in [0.25, 0.3) is 5.56 Å². The van der Waals surface area contributed by atoms with E-state index in [1.165, 1.54) is 16.3 Å². The Morgan fingerprint density at radius 2 is 1.80 bits per heavy atom. The summed E-state index contributed by atoms with van der Waals surface area (Å²) in [5.41, 5.74) is 1.64. The molecule has 0 fully saturated rings. The van der Waals surface area contributed by atoms with Crippen molar-refractivity contribution in [3.8, 4) is 0 Å². The fourth-order valence-corrected chi connectivity index (χ4v) is 3.42. The highest BCUT2D eigenvalue weighted by Crippen LogP contribution is 2.17. The molecule has 6 heteroatoms. The summed E-state index contributed by atoms with van der Waals surface area (Å²) in [6.45, 7) is 0.560. The van der Waals surface area contributed by atoms with Crippen molar-refractivity contribution in [3.05, 3.63) is 70.5 Å². The maximum atomic E-state index is 12.4. The molecule has 0 aliphatic heterocycles. The van der Waals surface area contributed by atoms with E-state index in [9.17, 15) is 9.59 Å². The molecule has 2 aromatic carbocycles. The molecule has 0 N–H and O–H groups in total. The third-order valence-electron chi connectivity index (χ3n) is 3.96. The molecular formula is C19H19N3O2S. The normalized spacial score (nSPS) is 10.8. The Morgan fingerprint density at radius 3 is 2.56 bits per heavy atom. The summed E-state index contributed by atoms with van der Waals surface area (Å²) in [5.74, 6) is 0.235. The fourth-order valence-electron chi connectivity index (χ4n) is 2.51. The van der Waals surface area contributed by atoms with Crippen LogP contribution in [0.1, 0.15) is 5.56 Å². The number of carbonyl (C=O) groups is 1. The number of para-hydroxylation sites is 1. The Morgan fingerprint density at radius 1 is 1.12 bits per heavy atom. The van der Waals surface area contributed by atoms with Crippen LogP contribution < -0.4 is 5.56 Å². The van der Waals surface area contributed by atoms with E-state index >= 15 is 0 Å². The highest BCUT2D eigenvalue weighted by atomic mass is 32.2. The van der Waals surface area contributed by atoms with Crippen molar-refractivity contribution >= 4 is 28.6 Å². The van der Waals surface area contributed by atoms with Crippen molar-refractivity contribution in [2.45, 2.75) is 11.7 Å². The molecule has 0 atom stereocenters. The van der Waals surface area contributed by atoms with Crippen molar-refractivity contribution in [1.29, 1.82) is 0 Å². The Bertz CT molecular complexity index is 954. The first-order chi connectivity index (χ1) is 12.1. The van der Waals surface area contributed by atoms with E-state index in [1.807, 2.05) is 48.5 Å². The topological polar surface area (TPSA) is 55.2 Å². The van der Waals surface area contributed by atoms with Crippen LogP contribution in [0.15, 0.2) is 64.5 Å². The summed E-state index contributed by atoms with van der Waals surface area (Å²) < 4.78 is 1.50. The minimum Gasteiger partial charge on any atom is -0.341 e. The minimum atomic E-state index is -0.0989. The molecule has 3 aromatic rings. The van der Waals surface area contributed by atoms with Crippen molar-refractivity contribution < 1.29 is 4.79 Å². The summed E-state index contributed by atoms with van der Waals surface area (Å²) in [6, 6.07) is 17.1. The van der Waals surface area contributed by atoms with E-state index in [-0.39, 0.29) is 17.2 Å². The van der Waals surface area contributed by atoms with Gasteiger partial charge in [0.2, 0.25) is 5.91 Å². The lowest BCUT2D eigenvalue weighted by Gasteiger charge is -2.17. The molecule has 3 rings (SSSR count). The lowest BCUT2D eigenvalue weighted by molar-refractivity contribution is -0.127. The zero-order chi connectivity index (χ0) is 17.8. The Kier molecular flexibility index (Phi) is 5.19. The van der Waals surface area contributed by atoms with Crippen LogP contribution in [0.3, 0.4) is 0 Å². The van der Waals surface area contributed by atoms with Crippen LogP contribution in [0.4, 0.5) is 0 Å². The van der Waals surface area contributed by atoms with Crippen LogP contribution in [-0.2, 0) is 18.4 Å². The first kappa shape index (κ1) is 17.2. The maximum absolute atomic E-state index is 12.4. The van der Waals surface area contributed by atoms with Gasteiger partial charge < -0.3 is 4.90 Å². The molecule has 1 aromatic heterocycles. The van der Waals surface area contributed by atoms with Gasteiger partial charge in [0, 0.05) is 20.6 Å². The third kappa shape index (κ3) is 3.91. The second-order valence-corrected chi connectivity index (χ2v) is 6.74. The van der Waals surface area contributed by atoms with Crippen LogP contribution in [0.25, 0.3) is 10.9 Å². The van der Waals surface area contributed by atoms with E-state index in [2.05, 4.69) is 4.98 Å². The van der Waals surface area contributed by atoms with Gasteiger partial charge in [-0.3, -0.25) is 14.2 Å². The molecule has 0 aliphatic carbocycles. The van der Waals surface area contributed by atoms with Gasteiger partial charge in [0.05, 0.1) is 16.7 Å². The molecule has 0 radical (unpaired) electrons. The van der Waals surface area contributed by atoms with Crippen LogP contribution in [0, 0.1) is 0 Å². The van der Waals surface area contributed by atoms with Gasteiger partial charge in [-0.25, -0.2) is 4.98 Å². The number of benzene rings is 2. The molecule has 0 saturated heterocycles. The largest absolute Gasteiger partial charge is 0.341 e. The highest BCUT2D eigenvalue weighted by molar-refractivity contribution is 7.99. The monoisotopic (exact) mass is 353 g/mol. The van der Waals surface area contributed by atoms with E-state index in [4.69, 9.17) is 0 Å². The van der Waals surface area contributed by atoms with E-state index in [0.717, 1.165) is 5.56 Å². The molecule has 0 saturated carbocycles. The van der Waals surface area contributed by atoms with E-state index < -0.39 is 0 Å². The number of aromatic nitrogens is 2. The van der Waals surface area contributed by atoms with Gasteiger partial charge >= 0.3 is 0 Å². The Hall–Kier alpha value is -2.60. The number of fused-ring (bicyclic) bond motifs is 1. The number of hydrogen-bond acceptors (Lipinski definition) is 4. The smallest absolute Gasteiger partial charge is 0.261 e. The molecule has 5 nitrogen and oxygen atoms in total. The van der Waals surface area contributed by atoms with Crippen molar-refractivity contribution in [2.24, 2.45) is 7.05 Å². The molecule has 25 heavy (non-hydrogen) atoms. The number of thioether (sulfide) groups is 1. The second kappa shape index (κ2) is 7.53. The average molecular weight is 353 g/mol. The number of hydrogen-bond donors (Lipinski definition) is 0. The SMILES string of the molecule is CN(Cc1ccccc1)C(=O)CSc1nc2ccccc2c(=O)n1C. The molecule has 0 aliphatic rings. The first-order valence-corrected chi connectivity index (χ1v) is 8.91. The zero-order valence-corrected chi connectivity index (χ0v) is 15.0. The molecule has 1 amide bonds. The summed E-state index contributed by atoms with van der Waals surface area (Å²) in [7, 11) is 3.46. The number of carbonyl (C=O) groups excluding carboxylic acids is 1. The predicted octanol–water partition coefficient (Wildman–Crippen LogP) is 2.68.